The average molecular weight is 337 g/mol. The van der Waals surface area contributed by atoms with Crippen LogP contribution in [0.2, 0.25) is 0 Å². The lowest BCUT2D eigenvalue weighted by atomic mass is 10.1. The van der Waals surface area contributed by atoms with Crippen LogP contribution in [-0.4, -0.2) is 27.8 Å². The first-order valence-corrected chi connectivity index (χ1v) is 9.03. The Morgan fingerprint density at radius 2 is 1.96 bits per heavy atom. The van der Waals surface area contributed by atoms with Gasteiger partial charge in [0.2, 0.25) is 0 Å². The van der Waals surface area contributed by atoms with Crippen molar-refractivity contribution in [2.24, 2.45) is 5.92 Å². The summed E-state index contributed by atoms with van der Waals surface area (Å²) in [5.74, 6) is 1.58. The first kappa shape index (κ1) is 17.3. The van der Waals surface area contributed by atoms with Crippen molar-refractivity contribution < 1.29 is 0 Å². The minimum atomic E-state index is 0.0532. The fraction of sp³-hybridized carbons (Fsp3) is 0.381. The van der Waals surface area contributed by atoms with Crippen LogP contribution in [0.15, 0.2) is 53.4 Å². The van der Waals surface area contributed by atoms with Gasteiger partial charge >= 0.3 is 0 Å². The summed E-state index contributed by atoms with van der Waals surface area (Å²) in [6.07, 6.45) is 7.95. The van der Waals surface area contributed by atoms with E-state index in [2.05, 4.69) is 42.1 Å². The Hall–Kier alpha value is -2.49. The maximum absolute atomic E-state index is 13.0. The molecule has 3 rings (SSSR count). The monoisotopic (exact) mass is 337 g/mol. The molecule has 0 bridgehead atoms. The van der Waals surface area contributed by atoms with Crippen molar-refractivity contribution in [2.75, 3.05) is 13.1 Å². The van der Waals surface area contributed by atoms with Crippen molar-refractivity contribution in [3.63, 3.8) is 0 Å². The summed E-state index contributed by atoms with van der Waals surface area (Å²) in [7, 11) is 0. The predicted octanol–water partition coefficient (Wildman–Crippen LogP) is 3.79. The molecule has 1 aliphatic heterocycles. The molecule has 1 aromatic heterocycles. The molecule has 0 aliphatic carbocycles. The first-order valence-electron chi connectivity index (χ1n) is 9.03. The summed E-state index contributed by atoms with van der Waals surface area (Å²) < 4.78 is 1.71. The summed E-state index contributed by atoms with van der Waals surface area (Å²) in [5, 5.41) is 3.28. The molecule has 4 heteroatoms. The van der Waals surface area contributed by atoms with Gasteiger partial charge in [-0.05, 0) is 30.9 Å². The number of benzene rings is 1. The molecule has 0 atom stereocenters. The van der Waals surface area contributed by atoms with Crippen LogP contribution in [0.3, 0.4) is 0 Å². The summed E-state index contributed by atoms with van der Waals surface area (Å²) in [6.45, 7) is 8.23. The highest BCUT2D eigenvalue weighted by Crippen LogP contribution is 2.17. The maximum atomic E-state index is 13.0. The number of aromatic nitrogens is 2. The van der Waals surface area contributed by atoms with Crippen molar-refractivity contribution in [2.45, 2.75) is 33.6 Å². The highest BCUT2D eigenvalue weighted by molar-refractivity contribution is 5.49. The Bertz CT molecular complexity index is 825. The number of aromatic amines is 1. The molecule has 2 aromatic rings. The molecule has 0 amide bonds. The Morgan fingerprint density at radius 1 is 1.20 bits per heavy atom. The number of hydrogen-bond donors (Lipinski definition) is 1. The Labute approximate surface area is 149 Å². The van der Waals surface area contributed by atoms with Crippen molar-refractivity contribution >= 4 is 5.82 Å². The number of nitrogens with one attached hydrogen (secondary N) is 1. The molecular formula is C21H27N3O. The van der Waals surface area contributed by atoms with Gasteiger partial charge in [-0.25, -0.2) is 4.68 Å². The highest BCUT2D eigenvalue weighted by Gasteiger charge is 2.19. The summed E-state index contributed by atoms with van der Waals surface area (Å²) in [5.41, 5.74) is 2.99. The highest BCUT2D eigenvalue weighted by atomic mass is 16.1. The van der Waals surface area contributed by atoms with Crippen LogP contribution >= 0.6 is 0 Å². The number of hydrogen-bond acceptors (Lipinski definition) is 2. The van der Waals surface area contributed by atoms with Crippen LogP contribution < -0.4 is 5.56 Å². The molecule has 0 unspecified atom stereocenters. The van der Waals surface area contributed by atoms with Gasteiger partial charge in [0.05, 0.1) is 0 Å². The molecular weight excluding hydrogens is 310 g/mol. The van der Waals surface area contributed by atoms with Crippen LogP contribution in [0, 0.1) is 12.8 Å². The normalized spacial score (nSPS) is 14.2. The summed E-state index contributed by atoms with van der Waals surface area (Å²) >= 11 is 0. The Kier molecular flexibility index (Phi) is 5.27. The van der Waals surface area contributed by atoms with Gasteiger partial charge in [0.15, 0.2) is 0 Å². The van der Waals surface area contributed by atoms with Crippen LogP contribution in [0.1, 0.15) is 37.1 Å². The van der Waals surface area contributed by atoms with Gasteiger partial charge in [0, 0.05) is 30.8 Å². The molecule has 0 saturated heterocycles. The van der Waals surface area contributed by atoms with Gasteiger partial charge in [0.25, 0.3) is 5.56 Å². The Balaban J connectivity index is 1.89. The molecule has 0 saturated carbocycles. The smallest absolute Gasteiger partial charge is 0.276 e. The molecule has 25 heavy (non-hydrogen) atoms. The van der Waals surface area contributed by atoms with Gasteiger partial charge in [-0.1, -0.05) is 56.3 Å². The molecule has 4 nitrogen and oxygen atoms in total. The van der Waals surface area contributed by atoms with E-state index in [0.717, 1.165) is 42.2 Å². The van der Waals surface area contributed by atoms with Crippen molar-refractivity contribution in [3.05, 3.63) is 75.7 Å². The molecule has 2 heterocycles. The zero-order chi connectivity index (χ0) is 17.8. The second kappa shape index (κ2) is 7.60. The lowest BCUT2D eigenvalue weighted by Gasteiger charge is -2.28. The first-order chi connectivity index (χ1) is 12.1. The van der Waals surface area contributed by atoms with E-state index in [4.69, 9.17) is 0 Å². The van der Waals surface area contributed by atoms with E-state index in [1.807, 2.05) is 37.3 Å². The van der Waals surface area contributed by atoms with Gasteiger partial charge in [-0.2, -0.15) is 0 Å². The minimum Gasteiger partial charge on any atom is -0.353 e. The van der Waals surface area contributed by atoms with Gasteiger partial charge in [-0.3, -0.25) is 9.89 Å². The van der Waals surface area contributed by atoms with E-state index in [9.17, 15) is 4.79 Å². The third-order valence-electron chi connectivity index (χ3n) is 4.65. The maximum Gasteiger partial charge on any atom is 0.276 e. The second-order valence-electron chi connectivity index (χ2n) is 7.10. The number of nitrogens with zero attached hydrogens (tertiary/aromatic N) is 2. The third-order valence-corrected chi connectivity index (χ3v) is 4.65. The van der Waals surface area contributed by atoms with Crippen LogP contribution in [-0.2, 0) is 6.42 Å². The van der Waals surface area contributed by atoms with Crippen molar-refractivity contribution in [1.29, 1.82) is 0 Å². The molecule has 1 N–H and O–H groups in total. The summed E-state index contributed by atoms with van der Waals surface area (Å²) in [6, 6.07) is 10.1. The topological polar surface area (TPSA) is 41.0 Å². The molecule has 1 aromatic carbocycles. The van der Waals surface area contributed by atoms with Crippen molar-refractivity contribution in [3.8, 4) is 0 Å². The lowest BCUT2D eigenvalue weighted by molar-refractivity contribution is 0.369. The standard InChI is InChI=1S/C21H27N3O/c1-16(2)12-14-23-13-8-7-11-20(23)24-21(25)19(17(3)22-24)15-18-9-5-4-6-10-18/h4-11,16,22H,12-15H2,1-3H3. The molecule has 132 valence electrons. The van der Waals surface area contributed by atoms with E-state index in [0.29, 0.717) is 12.3 Å². The lowest BCUT2D eigenvalue weighted by Crippen LogP contribution is -2.33. The number of rotatable bonds is 6. The van der Waals surface area contributed by atoms with Gasteiger partial charge < -0.3 is 4.90 Å². The van der Waals surface area contributed by atoms with Crippen molar-refractivity contribution in [1.82, 2.24) is 14.7 Å². The average Bonchev–Trinajstić information content (AvgIpc) is 2.89. The number of aryl methyl sites for hydroxylation is 1. The quantitative estimate of drug-likeness (QED) is 0.871. The zero-order valence-corrected chi connectivity index (χ0v) is 15.3. The molecule has 1 aliphatic rings. The van der Waals surface area contributed by atoms with E-state index in [1.165, 1.54) is 0 Å². The number of allylic oxidation sites excluding steroid dienone is 2. The van der Waals surface area contributed by atoms with E-state index in [1.54, 1.807) is 4.68 Å². The van der Waals surface area contributed by atoms with E-state index in [-0.39, 0.29) is 5.56 Å². The molecule has 0 fully saturated rings. The fourth-order valence-corrected chi connectivity index (χ4v) is 3.13. The zero-order valence-electron chi connectivity index (χ0n) is 15.3. The largest absolute Gasteiger partial charge is 0.353 e. The fourth-order valence-electron chi connectivity index (χ4n) is 3.13. The predicted molar refractivity (Wildman–Crippen MR) is 103 cm³/mol. The van der Waals surface area contributed by atoms with E-state index >= 15 is 0 Å². The third kappa shape index (κ3) is 3.95. The van der Waals surface area contributed by atoms with Crippen LogP contribution in [0.4, 0.5) is 0 Å². The SMILES string of the molecule is Cc1[nH]n(C2=CC=CCN2CCC(C)C)c(=O)c1Cc1ccccc1. The van der Waals surface area contributed by atoms with E-state index < -0.39 is 0 Å². The summed E-state index contributed by atoms with van der Waals surface area (Å²) in [4.78, 5) is 15.3. The second-order valence-corrected chi connectivity index (χ2v) is 7.10. The van der Waals surface area contributed by atoms with Crippen LogP contribution in [0.25, 0.3) is 5.82 Å². The molecule has 0 spiro atoms. The van der Waals surface area contributed by atoms with Gasteiger partial charge in [0.1, 0.15) is 5.82 Å². The minimum absolute atomic E-state index is 0.0532. The number of H-pyrrole nitrogens is 1. The van der Waals surface area contributed by atoms with Gasteiger partial charge in [-0.15, -0.1) is 0 Å². The molecule has 0 radical (unpaired) electrons. The van der Waals surface area contributed by atoms with Crippen LogP contribution in [0.5, 0.6) is 0 Å². The Morgan fingerprint density at radius 3 is 2.68 bits per heavy atom.